The Bertz CT molecular complexity index is 601. The predicted octanol–water partition coefficient (Wildman–Crippen LogP) is 4.73. The highest BCUT2D eigenvalue weighted by Crippen LogP contribution is 2.37. The van der Waals surface area contributed by atoms with Crippen LogP contribution >= 0.6 is 11.8 Å². The van der Waals surface area contributed by atoms with E-state index < -0.39 is 0 Å². The maximum atomic E-state index is 3.66. The van der Waals surface area contributed by atoms with Crippen molar-refractivity contribution in [2.75, 3.05) is 11.6 Å². The molecule has 0 fully saturated rings. The number of hydrogen-bond donors (Lipinski definition) is 1. The Kier molecular flexibility index (Phi) is 3.28. The van der Waals surface area contributed by atoms with E-state index in [1.165, 1.54) is 32.8 Å². The van der Waals surface area contributed by atoms with E-state index in [-0.39, 0.29) is 0 Å². The smallest absolute Gasteiger partial charge is 0.0555 e. The zero-order valence-electron chi connectivity index (χ0n) is 11.7. The van der Waals surface area contributed by atoms with E-state index in [2.05, 4.69) is 61.8 Å². The maximum absolute atomic E-state index is 3.66. The zero-order chi connectivity index (χ0) is 13.4. The molecule has 1 atom stereocenters. The van der Waals surface area contributed by atoms with Gasteiger partial charge in [-0.2, -0.15) is 0 Å². The highest BCUT2D eigenvalue weighted by Gasteiger charge is 2.23. The van der Waals surface area contributed by atoms with E-state index in [0.29, 0.717) is 6.04 Å². The fraction of sp³-hybridized carbons (Fsp3) is 0.294. The Morgan fingerprint density at radius 1 is 1.11 bits per heavy atom. The standard InChI is InChI=1S/C17H19NS/c1-11-8-12(2)15-10-16(18-17(15)9-11)13-4-6-14(19-3)7-5-13/h4-9,16,18H,10H2,1-3H3. The third kappa shape index (κ3) is 2.37. The highest BCUT2D eigenvalue weighted by atomic mass is 32.2. The topological polar surface area (TPSA) is 12.0 Å². The van der Waals surface area contributed by atoms with Crippen LogP contribution in [0.25, 0.3) is 0 Å². The second kappa shape index (κ2) is 4.93. The van der Waals surface area contributed by atoms with Crippen molar-refractivity contribution in [3.8, 4) is 0 Å². The predicted molar refractivity (Wildman–Crippen MR) is 84.2 cm³/mol. The number of nitrogens with one attached hydrogen (secondary N) is 1. The van der Waals surface area contributed by atoms with Gasteiger partial charge in [0.05, 0.1) is 6.04 Å². The molecule has 2 aromatic carbocycles. The summed E-state index contributed by atoms with van der Waals surface area (Å²) >= 11 is 1.79. The van der Waals surface area contributed by atoms with Crippen LogP contribution in [0.5, 0.6) is 0 Å². The van der Waals surface area contributed by atoms with Gasteiger partial charge in [-0.3, -0.25) is 0 Å². The summed E-state index contributed by atoms with van der Waals surface area (Å²) in [6, 6.07) is 13.9. The van der Waals surface area contributed by atoms with Gasteiger partial charge in [0.15, 0.2) is 0 Å². The van der Waals surface area contributed by atoms with E-state index >= 15 is 0 Å². The van der Waals surface area contributed by atoms with Crippen molar-refractivity contribution < 1.29 is 0 Å². The third-order valence-corrected chi connectivity index (χ3v) is 4.62. The lowest BCUT2D eigenvalue weighted by Crippen LogP contribution is -2.05. The van der Waals surface area contributed by atoms with Crippen LogP contribution in [0, 0.1) is 13.8 Å². The molecule has 0 amide bonds. The first-order valence-electron chi connectivity index (χ1n) is 6.68. The molecule has 0 spiro atoms. The monoisotopic (exact) mass is 269 g/mol. The maximum Gasteiger partial charge on any atom is 0.0555 e. The highest BCUT2D eigenvalue weighted by molar-refractivity contribution is 7.98. The fourth-order valence-electron chi connectivity index (χ4n) is 2.88. The lowest BCUT2D eigenvalue weighted by molar-refractivity contribution is 0.820. The summed E-state index contributed by atoms with van der Waals surface area (Å²) in [7, 11) is 0. The van der Waals surface area contributed by atoms with E-state index in [1.54, 1.807) is 11.8 Å². The average molecular weight is 269 g/mol. The summed E-state index contributed by atoms with van der Waals surface area (Å²) in [5, 5.41) is 3.66. The molecule has 1 aliphatic rings. The molecular formula is C17H19NS. The van der Waals surface area contributed by atoms with E-state index in [0.717, 1.165) is 6.42 Å². The van der Waals surface area contributed by atoms with Crippen LogP contribution in [0.1, 0.15) is 28.3 Å². The van der Waals surface area contributed by atoms with Crippen molar-refractivity contribution in [2.45, 2.75) is 31.2 Å². The first-order valence-corrected chi connectivity index (χ1v) is 7.90. The van der Waals surface area contributed by atoms with Crippen LogP contribution < -0.4 is 5.32 Å². The van der Waals surface area contributed by atoms with Crippen molar-refractivity contribution in [3.63, 3.8) is 0 Å². The van der Waals surface area contributed by atoms with Crippen LogP contribution in [0.4, 0.5) is 5.69 Å². The molecule has 2 aromatic rings. The average Bonchev–Trinajstić information content (AvgIpc) is 2.83. The molecule has 2 heteroatoms. The number of rotatable bonds is 2. The Balaban J connectivity index is 1.88. The largest absolute Gasteiger partial charge is 0.378 e. The molecule has 1 heterocycles. The molecule has 0 bridgehead atoms. The minimum absolute atomic E-state index is 0.423. The molecule has 1 nitrogen and oxygen atoms in total. The van der Waals surface area contributed by atoms with Crippen LogP contribution in [0.3, 0.4) is 0 Å². The quantitative estimate of drug-likeness (QED) is 0.791. The molecular weight excluding hydrogens is 250 g/mol. The summed E-state index contributed by atoms with van der Waals surface area (Å²) in [6.45, 7) is 4.38. The summed E-state index contributed by atoms with van der Waals surface area (Å²) in [4.78, 5) is 1.33. The Morgan fingerprint density at radius 2 is 1.84 bits per heavy atom. The van der Waals surface area contributed by atoms with Crippen molar-refractivity contribution >= 4 is 17.4 Å². The van der Waals surface area contributed by atoms with Gasteiger partial charge >= 0.3 is 0 Å². The van der Waals surface area contributed by atoms with Crippen LogP contribution in [0.2, 0.25) is 0 Å². The minimum atomic E-state index is 0.423. The fourth-order valence-corrected chi connectivity index (χ4v) is 3.29. The molecule has 3 rings (SSSR count). The molecule has 19 heavy (non-hydrogen) atoms. The van der Waals surface area contributed by atoms with Gasteiger partial charge in [0.1, 0.15) is 0 Å². The van der Waals surface area contributed by atoms with Crippen LogP contribution in [-0.2, 0) is 6.42 Å². The summed E-state index contributed by atoms with van der Waals surface area (Å²) < 4.78 is 0. The van der Waals surface area contributed by atoms with Gasteiger partial charge in [0.25, 0.3) is 0 Å². The molecule has 0 aliphatic carbocycles. The Labute approximate surface area is 119 Å². The van der Waals surface area contributed by atoms with E-state index in [9.17, 15) is 0 Å². The van der Waals surface area contributed by atoms with E-state index in [4.69, 9.17) is 0 Å². The molecule has 98 valence electrons. The van der Waals surface area contributed by atoms with Gasteiger partial charge in [-0.05, 0) is 67.0 Å². The normalized spacial score (nSPS) is 17.1. The van der Waals surface area contributed by atoms with Gasteiger partial charge in [-0.15, -0.1) is 11.8 Å². The number of anilines is 1. The molecule has 1 aliphatic heterocycles. The van der Waals surface area contributed by atoms with Gasteiger partial charge < -0.3 is 5.32 Å². The van der Waals surface area contributed by atoms with Gasteiger partial charge in [-0.1, -0.05) is 18.2 Å². The van der Waals surface area contributed by atoms with Crippen molar-refractivity contribution in [1.82, 2.24) is 0 Å². The molecule has 1 N–H and O–H groups in total. The number of benzene rings is 2. The summed E-state index contributed by atoms with van der Waals surface area (Å²) in [5.74, 6) is 0. The van der Waals surface area contributed by atoms with E-state index in [1.807, 2.05) is 0 Å². The first kappa shape index (κ1) is 12.6. The number of aryl methyl sites for hydroxylation is 2. The van der Waals surface area contributed by atoms with Gasteiger partial charge in [0.2, 0.25) is 0 Å². The van der Waals surface area contributed by atoms with Gasteiger partial charge in [0, 0.05) is 10.6 Å². The summed E-state index contributed by atoms with van der Waals surface area (Å²) in [5.41, 5.74) is 6.92. The van der Waals surface area contributed by atoms with Crippen LogP contribution in [-0.4, -0.2) is 6.26 Å². The molecule has 0 saturated carbocycles. The number of fused-ring (bicyclic) bond motifs is 1. The lowest BCUT2D eigenvalue weighted by Gasteiger charge is -2.12. The first-order chi connectivity index (χ1) is 9.17. The minimum Gasteiger partial charge on any atom is -0.378 e. The lowest BCUT2D eigenvalue weighted by atomic mass is 9.99. The van der Waals surface area contributed by atoms with Crippen LogP contribution in [0.15, 0.2) is 41.3 Å². The Hall–Kier alpha value is -1.41. The molecule has 1 unspecified atom stereocenters. The third-order valence-electron chi connectivity index (χ3n) is 3.87. The Morgan fingerprint density at radius 3 is 2.53 bits per heavy atom. The second-order valence-electron chi connectivity index (χ2n) is 5.28. The zero-order valence-corrected chi connectivity index (χ0v) is 12.5. The van der Waals surface area contributed by atoms with Crippen molar-refractivity contribution in [3.05, 3.63) is 58.7 Å². The second-order valence-corrected chi connectivity index (χ2v) is 6.16. The van der Waals surface area contributed by atoms with Gasteiger partial charge in [-0.25, -0.2) is 0 Å². The van der Waals surface area contributed by atoms with Crippen molar-refractivity contribution in [2.24, 2.45) is 0 Å². The number of thioether (sulfide) groups is 1. The summed E-state index contributed by atoms with van der Waals surface area (Å²) in [6.07, 6.45) is 3.21. The molecule has 0 saturated heterocycles. The molecule has 0 radical (unpaired) electrons. The SMILES string of the molecule is CSc1ccc(C2Cc3c(C)cc(C)cc3N2)cc1. The number of hydrogen-bond acceptors (Lipinski definition) is 2. The molecule has 0 aromatic heterocycles. The van der Waals surface area contributed by atoms with Crippen molar-refractivity contribution in [1.29, 1.82) is 0 Å².